The van der Waals surface area contributed by atoms with E-state index >= 15 is 0 Å². The third kappa shape index (κ3) is 3.63. The molecule has 6 rings (SSSR count). The van der Waals surface area contributed by atoms with Gasteiger partial charge in [-0.2, -0.15) is 5.26 Å². The van der Waals surface area contributed by atoms with Crippen LogP contribution in [0.2, 0.25) is 0 Å². The lowest BCUT2D eigenvalue weighted by molar-refractivity contribution is -0.141. The minimum Gasteiger partial charge on any atom is -0.371 e. The van der Waals surface area contributed by atoms with E-state index in [1.807, 2.05) is 37.3 Å². The molecule has 4 aliphatic rings. The van der Waals surface area contributed by atoms with Crippen molar-refractivity contribution in [2.45, 2.75) is 63.1 Å². The van der Waals surface area contributed by atoms with Crippen molar-refractivity contribution >= 4 is 17.4 Å². The molecule has 1 aromatic heterocycles. The Hall–Kier alpha value is -3.07. The molecule has 1 saturated carbocycles. The van der Waals surface area contributed by atoms with Crippen LogP contribution in [0.3, 0.4) is 0 Å². The zero-order valence-electron chi connectivity index (χ0n) is 18.1. The van der Waals surface area contributed by atoms with Gasteiger partial charge in [0.15, 0.2) is 0 Å². The zero-order chi connectivity index (χ0) is 21.4. The molecule has 4 heterocycles. The third-order valence-corrected chi connectivity index (χ3v) is 7.22. The largest absolute Gasteiger partial charge is 0.371 e. The predicted octanol–water partition coefficient (Wildman–Crippen LogP) is 3.87. The molecular weight excluding hydrogens is 386 g/mol. The molecular formula is C25H29N5O. The fourth-order valence-electron chi connectivity index (χ4n) is 5.60. The molecule has 1 amide bonds. The van der Waals surface area contributed by atoms with E-state index in [0.29, 0.717) is 11.6 Å². The third-order valence-electron chi connectivity index (χ3n) is 7.22. The van der Waals surface area contributed by atoms with Gasteiger partial charge in [-0.15, -0.1) is 0 Å². The molecule has 6 heteroatoms. The number of hydrogen-bond acceptors (Lipinski definition) is 5. The van der Waals surface area contributed by atoms with Gasteiger partial charge in [0.05, 0.1) is 11.6 Å². The SMILES string of the molecule is Cc1cccc(N2CC3CCC2CN3C(=O)C2(Nc3ccc(C#N)cc3)CCCC2)n1. The summed E-state index contributed by atoms with van der Waals surface area (Å²) < 4.78 is 0. The lowest BCUT2D eigenvalue weighted by Gasteiger charge is -2.53. The topological polar surface area (TPSA) is 72.3 Å². The number of nitrogens with one attached hydrogen (secondary N) is 1. The fraction of sp³-hybridized carbons (Fsp3) is 0.480. The van der Waals surface area contributed by atoms with Crippen molar-refractivity contribution < 1.29 is 4.79 Å². The van der Waals surface area contributed by atoms with Gasteiger partial charge in [-0.1, -0.05) is 18.9 Å². The minimum absolute atomic E-state index is 0.236. The quantitative estimate of drug-likeness (QED) is 0.821. The monoisotopic (exact) mass is 415 g/mol. The summed E-state index contributed by atoms with van der Waals surface area (Å²) in [5, 5.41) is 12.6. The van der Waals surface area contributed by atoms with Gasteiger partial charge in [-0.25, -0.2) is 4.98 Å². The summed E-state index contributed by atoms with van der Waals surface area (Å²) in [5.74, 6) is 1.29. The van der Waals surface area contributed by atoms with E-state index in [2.05, 4.69) is 33.3 Å². The second-order valence-corrected chi connectivity index (χ2v) is 9.24. The molecule has 3 aliphatic heterocycles. The van der Waals surface area contributed by atoms with Crippen LogP contribution in [0.15, 0.2) is 42.5 Å². The van der Waals surface area contributed by atoms with Crippen LogP contribution >= 0.6 is 0 Å². The van der Waals surface area contributed by atoms with Crippen LogP contribution in [-0.4, -0.2) is 46.5 Å². The Morgan fingerprint density at radius 3 is 2.48 bits per heavy atom. The molecule has 0 radical (unpaired) electrons. The number of carbonyl (C=O) groups excluding carboxylic acids is 1. The molecule has 1 N–H and O–H groups in total. The number of benzene rings is 1. The Morgan fingerprint density at radius 2 is 1.84 bits per heavy atom. The maximum absolute atomic E-state index is 13.9. The number of carbonyl (C=O) groups is 1. The van der Waals surface area contributed by atoms with Gasteiger partial charge >= 0.3 is 0 Å². The van der Waals surface area contributed by atoms with E-state index < -0.39 is 5.54 Å². The molecule has 2 atom stereocenters. The van der Waals surface area contributed by atoms with E-state index in [0.717, 1.165) is 68.8 Å². The number of fused-ring (bicyclic) bond motifs is 3. The molecule has 31 heavy (non-hydrogen) atoms. The van der Waals surface area contributed by atoms with Gasteiger partial charge in [0, 0.05) is 36.6 Å². The number of pyridine rings is 1. The van der Waals surface area contributed by atoms with Crippen LogP contribution in [0.25, 0.3) is 0 Å². The van der Waals surface area contributed by atoms with Gasteiger partial charge in [-0.3, -0.25) is 4.79 Å². The summed E-state index contributed by atoms with van der Waals surface area (Å²) in [6.45, 7) is 3.66. The number of piperidine rings is 2. The first-order valence-electron chi connectivity index (χ1n) is 11.4. The van der Waals surface area contributed by atoms with Crippen molar-refractivity contribution in [3.05, 3.63) is 53.7 Å². The van der Waals surface area contributed by atoms with E-state index in [-0.39, 0.29) is 11.9 Å². The second-order valence-electron chi connectivity index (χ2n) is 9.24. The van der Waals surface area contributed by atoms with Crippen molar-refractivity contribution in [1.82, 2.24) is 9.88 Å². The van der Waals surface area contributed by atoms with Crippen LogP contribution in [0, 0.1) is 18.3 Å². The minimum atomic E-state index is -0.530. The van der Waals surface area contributed by atoms with Crippen LogP contribution < -0.4 is 10.2 Å². The first-order chi connectivity index (χ1) is 15.1. The summed E-state index contributed by atoms with van der Waals surface area (Å²) in [7, 11) is 0. The van der Waals surface area contributed by atoms with Crippen molar-refractivity contribution in [2.24, 2.45) is 0 Å². The number of anilines is 2. The molecule has 1 aliphatic carbocycles. The van der Waals surface area contributed by atoms with Crippen molar-refractivity contribution in [1.29, 1.82) is 5.26 Å². The first-order valence-corrected chi connectivity index (χ1v) is 11.4. The molecule has 1 aromatic carbocycles. The van der Waals surface area contributed by atoms with Gasteiger partial charge in [0.1, 0.15) is 11.4 Å². The van der Waals surface area contributed by atoms with E-state index in [1.165, 1.54) is 0 Å². The van der Waals surface area contributed by atoms with E-state index in [9.17, 15) is 4.79 Å². The molecule has 6 nitrogen and oxygen atoms in total. The number of amides is 1. The molecule has 2 unspecified atom stereocenters. The number of rotatable bonds is 4. The maximum atomic E-state index is 13.9. The van der Waals surface area contributed by atoms with Crippen molar-refractivity contribution in [3.63, 3.8) is 0 Å². The Bertz CT molecular complexity index is 1010. The average Bonchev–Trinajstić information content (AvgIpc) is 3.29. The average molecular weight is 416 g/mol. The van der Waals surface area contributed by atoms with E-state index in [1.54, 1.807) is 0 Å². The number of piperazine rings is 1. The van der Waals surface area contributed by atoms with Crippen LogP contribution in [0.4, 0.5) is 11.5 Å². The lowest BCUT2D eigenvalue weighted by atomic mass is 9.86. The van der Waals surface area contributed by atoms with Crippen LogP contribution in [-0.2, 0) is 4.79 Å². The van der Waals surface area contributed by atoms with Gasteiger partial charge < -0.3 is 15.1 Å². The molecule has 2 aromatic rings. The fourth-order valence-corrected chi connectivity index (χ4v) is 5.60. The summed E-state index contributed by atoms with van der Waals surface area (Å²) in [5.41, 5.74) is 2.05. The Balaban J connectivity index is 1.35. The highest BCUT2D eigenvalue weighted by Gasteiger charge is 2.49. The highest BCUT2D eigenvalue weighted by molar-refractivity contribution is 5.90. The highest BCUT2D eigenvalue weighted by Crippen LogP contribution is 2.39. The molecule has 3 saturated heterocycles. The second kappa shape index (κ2) is 7.88. The summed E-state index contributed by atoms with van der Waals surface area (Å²) in [4.78, 5) is 23.2. The van der Waals surface area contributed by atoms with Gasteiger partial charge in [0.2, 0.25) is 5.91 Å². The number of aromatic nitrogens is 1. The highest BCUT2D eigenvalue weighted by atomic mass is 16.2. The van der Waals surface area contributed by atoms with Gasteiger partial charge in [0.25, 0.3) is 0 Å². The molecule has 4 fully saturated rings. The zero-order valence-corrected chi connectivity index (χ0v) is 18.1. The first kappa shape index (κ1) is 19.9. The number of aryl methyl sites for hydroxylation is 1. The molecule has 2 bridgehead atoms. The molecule has 0 spiro atoms. The van der Waals surface area contributed by atoms with Crippen molar-refractivity contribution in [3.8, 4) is 6.07 Å². The number of nitriles is 1. The Kier molecular flexibility index (Phi) is 5.05. The Morgan fingerprint density at radius 1 is 1.10 bits per heavy atom. The van der Waals surface area contributed by atoms with Crippen LogP contribution in [0.1, 0.15) is 49.8 Å². The predicted molar refractivity (Wildman–Crippen MR) is 121 cm³/mol. The van der Waals surface area contributed by atoms with Gasteiger partial charge in [-0.05, 0) is 69.0 Å². The summed E-state index contributed by atoms with van der Waals surface area (Å²) >= 11 is 0. The lowest BCUT2D eigenvalue weighted by Crippen LogP contribution is -2.67. The standard InChI is InChI=1S/C25H29N5O/c1-18-5-4-6-23(27-18)29-16-22-12-11-21(29)17-30(22)24(31)25(13-2-3-14-25)28-20-9-7-19(15-26)8-10-20/h4-10,21-22,28H,2-3,11-14,16-17H2,1H3. The van der Waals surface area contributed by atoms with E-state index in [4.69, 9.17) is 10.2 Å². The summed E-state index contributed by atoms with van der Waals surface area (Å²) in [6.07, 6.45) is 6.03. The number of hydrogen-bond donors (Lipinski definition) is 1. The normalized spacial score (nSPS) is 24.1. The van der Waals surface area contributed by atoms with Crippen LogP contribution in [0.5, 0.6) is 0 Å². The van der Waals surface area contributed by atoms with Crippen molar-refractivity contribution in [2.75, 3.05) is 23.3 Å². The molecule has 160 valence electrons. The maximum Gasteiger partial charge on any atom is 0.248 e. The summed E-state index contributed by atoms with van der Waals surface area (Å²) in [6, 6.07) is 16.4. The Labute approximate surface area is 183 Å². The number of nitrogens with zero attached hydrogens (tertiary/aromatic N) is 4. The smallest absolute Gasteiger partial charge is 0.248 e.